The van der Waals surface area contributed by atoms with E-state index in [9.17, 15) is 4.79 Å². The van der Waals surface area contributed by atoms with E-state index in [1.54, 1.807) is 0 Å². The van der Waals surface area contributed by atoms with Crippen LogP contribution in [0.4, 0.5) is 0 Å². The zero-order valence-corrected chi connectivity index (χ0v) is 13.7. The molecule has 0 bridgehead atoms. The van der Waals surface area contributed by atoms with Crippen LogP contribution in [0.25, 0.3) is 0 Å². The predicted molar refractivity (Wildman–Crippen MR) is 90.4 cm³/mol. The standard InChI is InChI=1S/C17H24N2O2S/c20-17-12-15(18-14-6-10-22-11-7-14)13-19(17)8-9-21-16-4-2-1-3-5-16/h1-5,14-15,18H,6-13H2. The number of likely N-dealkylation sites (tertiary alicyclic amines) is 1. The monoisotopic (exact) mass is 320 g/mol. The zero-order valence-electron chi connectivity index (χ0n) is 12.9. The number of para-hydroxylation sites is 1. The summed E-state index contributed by atoms with van der Waals surface area (Å²) in [5.74, 6) is 3.60. The molecule has 2 aliphatic rings. The molecule has 0 aromatic heterocycles. The molecule has 4 nitrogen and oxygen atoms in total. The first kappa shape index (κ1) is 15.7. The Kier molecular flexibility index (Phi) is 5.62. The van der Waals surface area contributed by atoms with E-state index >= 15 is 0 Å². The first-order valence-corrected chi connectivity index (χ1v) is 9.26. The predicted octanol–water partition coefficient (Wildman–Crippen LogP) is 2.15. The van der Waals surface area contributed by atoms with Crippen LogP contribution in [0.5, 0.6) is 5.75 Å². The van der Waals surface area contributed by atoms with E-state index in [1.807, 2.05) is 47.0 Å². The van der Waals surface area contributed by atoms with E-state index in [0.29, 0.717) is 31.7 Å². The average Bonchev–Trinajstić information content (AvgIpc) is 2.89. The molecule has 3 rings (SSSR count). The number of amides is 1. The summed E-state index contributed by atoms with van der Waals surface area (Å²) in [6, 6.07) is 10.7. The lowest BCUT2D eigenvalue weighted by Gasteiger charge is -2.26. The number of ether oxygens (including phenoxy) is 1. The molecule has 1 amide bonds. The third-order valence-electron chi connectivity index (χ3n) is 4.28. The SMILES string of the molecule is O=C1CC(NC2CCSCC2)CN1CCOc1ccccc1. The van der Waals surface area contributed by atoms with Crippen LogP contribution in [0.2, 0.25) is 0 Å². The molecule has 1 atom stereocenters. The van der Waals surface area contributed by atoms with E-state index in [2.05, 4.69) is 5.32 Å². The Morgan fingerprint density at radius 2 is 1.95 bits per heavy atom. The lowest BCUT2D eigenvalue weighted by Crippen LogP contribution is -2.42. The van der Waals surface area contributed by atoms with Crippen molar-refractivity contribution in [3.63, 3.8) is 0 Å². The number of carbonyl (C=O) groups excluding carboxylic acids is 1. The Hall–Kier alpha value is -1.20. The van der Waals surface area contributed by atoms with E-state index in [4.69, 9.17) is 4.74 Å². The molecule has 0 radical (unpaired) electrons. The summed E-state index contributed by atoms with van der Waals surface area (Å²) in [5.41, 5.74) is 0. The van der Waals surface area contributed by atoms with E-state index < -0.39 is 0 Å². The molecule has 1 aromatic carbocycles. The van der Waals surface area contributed by atoms with Crippen molar-refractivity contribution in [1.82, 2.24) is 10.2 Å². The molecule has 1 N–H and O–H groups in total. The number of carbonyl (C=O) groups is 1. The lowest BCUT2D eigenvalue weighted by molar-refractivity contribution is -0.128. The van der Waals surface area contributed by atoms with Gasteiger partial charge in [0.15, 0.2) is 0 Å². The van der Waals surface area contributed by atoms with Crippen LogP contribution in [-0.2, 0) is 4.79 Å². The van der Waals surface area contributed by atoms with Crippen LogP contribution < -0.4 is 10.1 Å². The molecular formula is C17H24N2O2S. The summed E-state index contributed by atoms with van der Waals surface area (Å²) in [5, 5.41) is 3.67. The fourth-order valence-corrected chi connectivity index (χ4v) is 4.19. The Morgan fingerprint density at radius 3 is 2.73 bits per heavy atom. The van der Waals surface area contributed by atoms with E-state index in [-0.39, 0.29) is 5.91 Å². The number of hydrogen-bond acceptors (Lipinski definition) is 4. The van der Waals surface area contributed by atoms with Crippen LogP contribution in [-0.4, -0.2) is 54.1 Å². The molecular weight excluding hydrogens is 296 g/mol. The number of nitrogens with one attached hydrogen (secondary N) is 1. The maximum Gasteiger partial charge on any atom is 0.224 e. The van der Waals surface area contributed by atoms with E-state index in [1.165, 1.54) is 24.3 Å². The number of hydrogen-bond donors (Lipinski definition) is 1. The van der Waals surface area contributed by atoms with Gasteiger partial charge in [0.1, 0.15) is 12.4 Å². The van der Waals surface area contributed by atoms with Crippen LogP contribution in [0.15, 0.2) is 30.3 Å². The topological polar surface area (TPSA) is 41.6 Å². The minimum atomic E-state index is 0.249. The summed E-state index contributed by atoms with van der Waals surface area (Å²) < 4.78 is 5.68. The van der Waals surface area contributed by atoms with Crippen LogP contribution in [0.1, 0.15) is 19.3 Å². The molecule has 2 aliphatic heterocycles. The van der Waals surface area contributed by atoms with Gasteiger partial charge in [-0.1, -0.05) is 18.2 Å². The van der Waals surface area contributed by atoms with Crippen LogP contribution in [0, 0.1) is 0 Å². The van der Waals surface area contributed by atoms with Crippen molar-refractivity contribution in [2.24, 2.45) is 0 Å². The second kappa shape index (κ2) is 7.88. The maximum atomic E-state index is 12.1. The second-order valence-electron chi connectivity index (χ2n) is 5.96. The van der Waals surface area contributed by atoms with Gasteiger partial charge in [0.2, 0.25) is 5.91 Å². The number of thioether (sulfide) groups is 1. The van der Waals surface area contributed by atoms with Gasteiger partial charge >= 0.3 is 0 Å². The molecule has 5 heteroatoms. The highest BCUT2D eigenvalue weighted by Gasteiger charge is 2.30. The minimum absolute atomic E-state index is 0.249. The average molecular weight is 320 g/mol. The van der Waals surface area contributed by atoms with Gasteiger partial charge in [-0.2, -0.15) is 11.8 Å². The van der Waals surface area contributed by atoms with Gasteiger partial charge in [0.25, 0.3) is 0 Å². The molecule has 2 heterocycles. The van der Waals surface area contributed by atoms with Crippen LogP contribution in [0.3, 0.4) is 0 Å². The maximum absolute atomic E-state index is 12.1. The summed E-state index contributed by atoms with van der Waals surface area (Å²) >= 11 is 2.03. The highest BCUT2D eigenvalue weighted by molar-refractivity contribution is 7.99. The molecule has 0 saturated carbocycles. The Balaban J connectivity index is 1.40. The van der Waals surface area contributed by atoms with Gasteiger partial charge in [-0.3, -0.25) is 4.79 Å². The molecule has 2 fully saturated rings. The number of nitrogens with zero attached hydrogens (tertiary/aromatic N) is 1. The Morgan fingerprint density at radius 1 is 1.18 bits per heavy atom. The normalized spacial score (nSPS) is 23.0. The summed E-state index contributed by atoms with van der Waals surface area (Å²) in [4.78, 5) is 14.0. The van der Waals surface area contributed by atoms with Gasteiger partial charge in [-0.15, -0.1) is 0 Å². The van der Waals surface area contributed by atoms with Crippen molar-refractivity contribution < 1.29 is 9.53 Å². The van der Waals surface area contributed by atoms with Crippen molar-refractivity contribution in [3.8, 4) is 5.75 Å². The third-order valence-corrected chi connectivity index (χ3v) is 5.33. The second-order valence-corrected chi connectivity index (χ2v) is 7.18. The Bertz CT molecular complexity index is 477. The van der Waals surface area contributed by atoms with Gasteiger partial charge in [0.05, 0.1) is 6.54 Å². The highest BCUT2D eigenvalue weighted by atomic mass is 32.2. The lowest BCUT2D eigenvalue weighted by atomic mass is 10.1. The smallest absolute Gasteiger partial charge is 0.224 e. The molecule has 0 spiro atoms. The van der Waals surface area contributed by atoms with Gasteiger partial charge < -0.3 is 15.0 Å². The van der Waals surface area contributed by atoms with Crippen molar-refractivity contribution in [2.45, 2.75) is 31.3 Å². The number of benzene rings is 1. The first-order valence-electron chi connectivity index (χ1n) is 8.10. The van der Waals surface area contributed by atoms with Crippen molar-refractivity contribution in [3.05, 3.63) is 30.3 Å². The minimum Gasteiger partial charge on any atom is -0.492 e. The van der Waals surface area contributed by atoms with Crippen LogP contribution >= 0.6 is 11.8 Å². The Labute approximate surface area is 136 Å². The summed E-state index contributed by atoms with van der Waals surface area (Å²) in [6.07, 6.45) is 3.09. The molecule has 1 unspecified atom stereocenters. The summed E-state index contributed by atoms with van der Waals surface area (Å²) in [7, 11) is 0. The van der Waals surface area contributed by atoms with Gasteiger partial charge in [0, 0.05) is 25.0 Å². The largest absolute Gasteiger partial charge is 0.492 e. The van der Waals surface area contributed by atoms with Crippen molar-refractivity contribution in [1.29, 1.82) is 0 Å². The molecule has 120 valence electrons. The van der Waals surface area contributed by atoms with Crippen molar-refractivity contribution in [2.75, 3.05) is 31.2 Å². The molecule has 2 saturated heterocycles. The summed E-state index contributed by atoms with van der Waals surface area (Å²) in [6.45, 7) is 2.05. The fraction of sp³-hybridized carbons (Fsp3) is 0.588. The van der Waals surface area contributed by atoms with Crippen molar-refractivity contribution >= 4 is 17.7 Å². The van der Waals surface area contributed by atoms with Gasteiger partial charge in [-0.05, 0) is 36.5 Å². The van der Waals surface area contributed by atoms with Gasteiger partial charge in [-0.25, -0.2) is 0 Å². The molecule has 1 aromatic rings. The van der Waals surface area contributed by atoms with E-state index in [0.717, 1.165) is 12.3 Å². The fourth-order valence-electron chi connectivity index (χ4n) is 3.09. The zero-order chi connectivity index (χ0) is 15.2. The number of rotatable bonds is 6. The highest BCUT2D eigenvalue weighted by Crippen LogP contribution is 2.19. The quantitative estimate of drug-likeness (QED) is 0.872. The third kappa shape index (κ3) is 4.40. The molecule has 22 heavy (non-hydrogen) atoms. The molecule has 0 aliphatic carbocycles. The first-order chi connectivity index (χ1) is 10.8.